The fourth-order valence-electron chi connectivity index (χ4n) is 2.30. The molecule has 0 amide bonds. The van der Waals surface area contributed by atoms with Gasteiger partial charge < -0.3 is 9.63 Å². The molecule has 3 aromatic rings. The Balaban J connectivity index is 2.00. The van der Waals surface area contributed by atoms with E-state index >= 15 is 0 Å². The first-order chi connectivity index (χ1) is 11.0. The first-order valence-corrected chi connectivity index (χ1v) is 6.82. The zero-order valence-electron chi connectivity index (χ0n) is 11.8. The van der Waals surface area contributed by atoms with Crippen molar-refractivity contribution in [3.8, 4) is 22.6 Å². The molecular weight excluding hydrogens is 307 g/mol. The minimum atomic E-state index is -4.41. The zero-order valence-corrected chi connectivity index (χ0v) is 11.8. The van der Waals surface area contributed by atoms with Gasteiger partial charge in [-0.2, -0.15) is 13.2 Å². The number of aliphatic hydroxyl groups excluding tert-OH is 1. The predicted octanol–water partition coefficient (Wildman–Crippen LogP) is 4.52. The Morgan fingerprint density at radius 1 is 1.00 bits per heavy atom. The summed E-state index contributed by atoms with van der Waals surface area (Å²) in [5.74, 6) is 0.235. The molecule has 6 heteroatoms. The quantitative estimate of drug-likeness (QED) is 0.772. The highest BCUT2D eigenvalue weighted by molar-refractivity contribution is 5.69. The molecular formula is C17H12F3NO2. The van der Waals surface area contributed by atoms with Crippen LogP contribution in [0, 0.1) is 0 Å². The number of nitrogens with zero attached hydrogens (tertiary/aromatic N) is 1. The lowest BCUT2D eigenvalue weighted by Gasteiger charge is -2.06. The van der Waals surface area contributed by atoms with Crippen molar-refractivity contribution in [3.05, 3.63) is 65.7 Å². The molecule has 0 aliphatic rings. The third-order valence-electron chi connectivity index (χ3n) is 3.45. The summed E-state index contributed by atoms with van der Waals surface area (Å²) in [5, 5.41) is 13.2. The normalized spacial score (nSPS) is 11.7. The molecule has 0 aliphatic carbocycles. The average molecular weight is 319 g/mol. The standard InChI is InChI=1S/C17H12F3NO2/c18-17(19,20)13-6-3-5-11(8-13)16-9-15(21-23-16)14-7-2-1-4-12(14)10-22/h1-9,22H,10H2. The van der Waals surface area contributed by atoms with E-state index in [0.717, 1.165) is 12.1 Å². The van der Waals surface area contributed by atoms with Gasteiger partial charge in [0.2, 0.25) is 0 Å². The molecule has 3 nitrogen and oxygen atoms in total. The van der Waals surface area contributed by atoms with Crippen molar-refractivity contribution in [3.63, 3.8) is 0 Å². The second-order valence-electron chi connectivity index (χ2n) is 4.97. The Hall–Kier alpha value is -2.60. The van der Waals surface area contributed by atoms with Crippen molar-refractivity contribution in [1.29, 1.82) is 0 Å². The summed E-state index contributed by atoms with van der Waals surface area (Å²) in [7, 11) is 0. The highest BCUT2D eigenvalue weighted by Gasteiger charge is 2.30. The molecule has 0 unspecified atom stereocenters. The molecule has 0 radical (unpaired) electrons. The highest BCUT2D eigenvalue weighted by atomic mass is 19.4. The Morgan fingerprint density at radius 3 is 2.52 bits per heavy atom. The van der Waals surface area contributed by atoms with Crippen LogP contribution in [0.25, 0.3) is 22.6 Å². The lowest BCUT2D eigenvalue weighted by Crippen LogP contribution is -2.04. The lowest BCUT2D eigenvalue weighted by atomic mass is 10.0. The summed E-state index contributed by atoms with van der Waals surface area (Å²) in [6.07, 6.45) is -4.41. The summed E-state index contributed by atoms with van der Waals surface area (Å²) in [6, 6.07) is 13.5. The van der Waals surface area contributed by atoms with Crippen LogP contribution in [-0.2, 0) is 12.8 Å². The molecule has 1 N–H and O–H groups in total. The van der Waals surface area contributed by atoms with E-state index < -0.39 is 11.7 Å². The molecule has 0 atom stereocenters. The fraction of sp³-hybridized carbons (Fsp3) is 0.118. The molecule has 0 spiro atoms. The third-order valence-corrected chi connectivity index (χ3v) is 3.45. The van der Waals surface area contributed by atoms with Gasteiger partial charge in [0.1, 0.15) is 5.69 Å². The first-order valence-electron chi connectivity index (χ1n) is 6.82. The smallest absolute Gasteiger partial charge is 0.392 e. The lowest BCUT2D eigenvalue weighted by molar-refractivity contribution is -0.137. The summed E-state index contributed by atoms with van der Waals surface area (Å²) in [4.78, 5) is 0. The van der Waals surface area contributed by atoms with Gasteiger partial charge in [-0.3, -0.25) is 0 Å². The molecule has 1 heterocycles. The average Bonchev–Trinajstić information content (AvgIpc) is 3.04. The Labute approximate surface area is 130 Å². The van der Waals surface area contributed by atoms with Crippen LogP contribution >= 0.6 is 0 Å². The second-order valence-corrected chi connectivity index (χ2v) is 4.97. The van der Waals surface area contributed by atoms with Crippen LogP contribution in [-0.4, -0.2) is 10.3 Å². The number of rotatable bonds is 3. The van der Waals surface area contributed by atoms with Gasteiger partial charge in [0.05, 0.1) is 12.2 Å². The van der Waals surface area contributed by atoms with E-state index in [4.69, 9.17) is 4.52 Å². The van der Waals surface area contributed by atoms with Crippen LogP contribution in [0.4, 0.5) is 13.2 Å². The number of halogens is 3. The van der Waals surface area contributed by atoms with Crippen molar-refractivity contribution < 1.29 is 22.8 Å². The summed E-state index contributed by atoms with van der Waals surface area (Å²) in [5.41, 5.74) is 1.35. The predicted molar refractivity (Wildman–Crippen MR) is 78.3 cm³/mol. The molecule has 3 rings (SSSR count). The monoisotopic (exact) mass is 319 g/mol. The summed E-state index contributed by atoms with van der Waals surface area (Å²) >= 11 is 0. The molecule has 0 fully saturated rings. The summed E-state index contributed by atoms with van der Waals surface area (Å²) in [6.45, 7) is -0.165. The molecule has 0 bridgehead atoms. The first kappa shape index (κ1) is 15.3. The molecule has 0 saturated heterocycles. The van der Waals surface area contributed by atoms with E-state index in [1.807, 2.05) is 0 Å². The number of benzene rings is 2. The molecule has 118 valence electrons. The maximum atomic E-state index is 12.8. The molecule has 1 aromatic heterocycles. The molecule has 0 aliphatic heterocycles. The van der Waals surface area contributed by atoms with Crippen LogP contribution < -0.4 is 0 Å². The van der Waals surface area contributed by atoms with Gasteiger partial charge in [-0.15, -0.1) is 0 Å². The molecule has 2 aromatic carbocycles. The van der Waals surface area contributed by atoms with E-state index in [9.17, 15) is 18.3 Å². The number of hydrogen-bond donors (Lipinski definition) is 1. The van der Waals surface area contributed by atoms with Gasteiger partial charge in [-0.25, -0.2) is 0 Å². The number of aliphatic hydroxyl groups is 1. The van der Waals surface area contributed by atoms with Gasteiger partial charge >= 0.3 is 6.18 Å². The summed E-state index contributed by atoms with van der Waals surface area (Å²) < 4.78 is 43.5. The van der Waals surface area contributed by atoms with E-state index in [2.05, 4.69) is 5.16 Å². The Morgan fingerprint density at radius 2 is 1.78 bits per heavy atom. The maximum absolute atomic E-state index is 12.8. The maximum Gasteiger partial charge on any atom is 0.416 e. The van der Waals surface area contributed by atoms with Gasteiger partial charge in [0, 0.05) is 17.2 Å². The van der Waals surface area contributed by atoms with Crippen LogP contribution in [0.5, 0.6) is 0 Å². The van der Waals surface area contributed by atoms with Crippen molar-refractivity contribution in [2.45, 2.75) is 12.8 Å². The number of alkyl halides is 3. The number of hydrogen-bond acceptors (Lipinski definition) is 3. The third kappa shape index (κ3) is 3.12. The fourth-order valence-corrected chi connectivity index (χ4v) is 2.30. The highest BCUT2D eigenvalue weighted by Crippen LogP contribution is 2.33. The van der Waals surface area contributed by atoms with Gasteiger partial charge in [0.15, 0.2) is 5.76 Å². The second kappa shape index (κ2) is 5.89. The van der Waals surface area contributed by atoms with Crippen LogP contribution in [0.1, 0.15) is 11.1 Å². The Bertz CT molecular complexity index is 824. The van der Waals surface area contributed by atoms with Crippen LogP contribution in [0.15, 0.2) is 59.1 Å². The minimum absolute atomic E-state index is 0.165. The van der Waals surface area contributed by atoms with Crippen LogP contribution in [0.2, 0.25) is 0 Å². The van der Waals surface area contributed by atoms with E-state index in [-0.39, 0.29) is 12.4 Å². The van der Waals surface area contributed by atoms with E-state index in [1.54, 1.807) is 30.3 Å². The van der Waals surface area contributed by atoms with E-state index in [0.29, 0.717) is 22.4 Å². The minimum Gasteiger partial charge on any atom is -0.392 e. The van der Waals surface area contributed by atoms with E-state index in [1.165, 1.54) is 12.1 Å². The van der Waals surface area contributed by atoms with Gasteiger partial charge in [0.25, 0.3) is 0 Å². The van der Waals surface area contributed by atoms with Crippen molar-refractivity contribution in [2.24, 2.45) is 0 Å². The number of aromatic nitrogens is 1. The Kier molecular flexibility index (Phi) is 3.92. The van der Waals surface area contributed by atoms with Crippen molar-refractivity contribution >= 4 is 0 Å². The molecule has 23 heavy (non-hydrogen) atoms. The van der Waals surface area contributed by atoms with Gasteiger partial charge in [-0.1, -0.05) is 41.6 Å². The zero-order chi connectivity index (χ0) is 16.4. The topological polar surface area (TPSA) is 46.3 Å². The van der Waals surface area contributed by atoms with Gasteiger partial charge in [-0.05, 0) is 17.7 Å². The van der Waals surface area contributed by atoms with Crippen molar-refractivity contribution in [2.75, 3.05) is 0 Å². The molecule has 0 saturated carbocycles. The van der Waals surface area contributed by atoms with Crippen molar-refractivity contribution in [1.82, 2.24) is 5.16 Å². The van der Waals surface area contributed by atoms with Crippen LogP contribution in [0.3, 0.4) is 0 Å². The SMILES string of the molecule is OCc1ccccc1-c1cc(-c2cccc(C(F)(F)F)c2)on1. The largest absolute Gasteiger partial charge is 0.416 e.